The molecule has 1 aromatic carbocycles. The van der Waals surface area contributed by atoms with Crippen LogP contribution < -0.4 is 10.2 Å². The minimum absolute atomic E-state index is 0.191. The number of hydrogen-bond acceptors (Lipinski definition) is 2. The summed E-state index contributed by atoms with van der Waals surface area (Å²) in [6.07, 6.45) is 3.35. The maximum atomic E-state index is 11.8. The Labute approximate surface area is 116 Å². The first-order valence-corrected chi connectivity index (χ1v) is 7.12. The minimum Gasteiger partial charge on any atom is -0.378 e. The Morgan fingerprint density at radius 3 is 2.47 bits per heavy atom. The van der Waals surface area contributed by atoms with Gasteiger partial charge in [0.2, 0.25) is 5.91 Å². The molecule has 0 aliphatic heterocycles. The van der Waals surface area contributed by atoms with Crippen molar-refractivity contribution in [2.45, 2.75) is 26.2 Å². The van der Waals surface area contributed by atoms with Crippen LogP contribution in [0.1, 0.15) is 25.3 Å². The lowest BCUT2D eigenvalue weighted by Gasteiger charge is -2.13. The van der Waals surface area contributed by atoms with Crippen LogP contribution in [0.4, 0.5) is 5.69 Å². The Hall–Kier alpha value is -1.51. The average Bonchev–Trinajstić information content (AvgIpc) is 3.22. The van der Waals surface area contributed by atoms with E-state index >= 15 is 0 Å². The number of hydrogen-bond donors (Lipinski definition) is 1. The molecule has 0 radical (unpaired) electrons. The molecule has 104 valence electrons. The fourth-order valence-corrected chi connectivity index (χ4v) is 2.26. The van der Waals surface area contributed by atoms with Crippen LogP contribution in [0.2, 0.25) is 0 Å². The van der Waals surface area contributed by atoms with Gasteiger partial charge in [-0.15, -0.1) is 0 Å². The topological polar surface area (TPSA) is 32.3 Å². The molecule has 19 heavy (non-hydrogen) atoms. The van der Waals surface area contributed by atoms with E-state index in [4.69, 9.17) is 0 Å². The SMILES string of the molecule is CC(C(=O)NCCc1ccc(N(C)C)cc1)C1CC1. The molecule has 1 aliphatic rings. The highest BCUT2D eigenvalue weighted by molar-refractivity contribution is 5.78. The average molecular weight is 260 g/mol. The van der Waals surface area contributed by atoms with Crippen molar-refractivity contribution in [1.82, 2.24) is 5.32 Å². The zero-order valence-electron chi connectivity index (χ0n) is 12.1. The third kappa shape index (κ3) is 3.98. The normalized spacial score (nSPS) is 15.9. The zero-order valence-corrected chi connectivity index (χ0v) is 12.1. The summed E-state index contributed by atoms with van der Waals surface area (Å²) >= 11 is 0. The van der Waals surface area contributed by atoms with Crippen molar-refractivity contribution in [2.24, 2.45) is 11.8 Å². The second-order valence-electron chi connectivity index (χ2n) is 5.73. The largest absolute Gasteiger partial charge is 0.378 e. The van der Waals surface area contributed by atoms with Gasteiger partial charge >= 0.3 is 0 Å². The zero-order chi connectivity index (χ0) is 13.8. The van der Waals surface area contributed by atoms with Gasteiger partial charge in [0.05, 0.1) is 0 Å². The Kier molecular flexibility index (Phi) is 4.46. The Morgan fingerprint density at radius 2 is 1.95 bits per heavy atom. The van der Waals surface area contributed by atoms with Gasteiger partial charge in [0.15, 0.2) is 0 Å². The van der Waals surface area contributed by atoms with Crippen LogP contribution in [-0.2, 0) is 11.2 Å². The van der Waals surface area contributed by atoms with Crippen LogP contribution >= 0.6 is 0 Å². The second-order valence-corrected chi connectivity index (χ2v) is 5.73. The van der Waals surface area contributed by atoms with Gasteiger partial charge in [-0.25, -0.2) is 0 Å². The number of amides is 1. The lowest BCUT2D eigenvalue weighted by molar-refractivity contribution is -0.125. The molecule has 0 heterocycles. The smallest absolute Gasteiger partial charge is 0.223 e. The first-order valence-electron chi connectivity index (χ1n) is 7.12. The predicted molar refractivity (Wildman–Crippen MR) is 79.4 cm³/mol. The van der Waals surface area contributed by atoms with E-state index < -0.39 is 0 Å². The summed E-state index contributed by atoms with van der Waals surface area (Å²) in [6.45, 7) is 2.77. The Morgan fingerprint density at radius 1 is 1.32 bits per heavy atom. The summed E-state index contributed by atoms with van der Waals surface area (Å²) in [5.74, 6) is 1.04. The Bertz CT molecular complexity index is 421. The second kappa shape index (κ2) is 6.09. The third-order valence-electron chi connectivity index (χ3n) is 3.91. The van der Waals surface area contributed by atoms with Crippen molar-refractivity contribution >= 4 is 11.6 Å². The van der Waals surface area contributed by atoms with Crippen LogP contribution in [0.5, 0.6) is 0 Å². The van der Waals surface area contributed by atoms with Gasteiger partial charge in [0.25, 0.3) is 0 Å². The van der Waals surface area contributed by atoms with E-state index in [0.29, 0.717) is 5.92 Å². The number of anilines is 1. The maximum Gasteiger partial charge on any atom is 0.223 e. The highest BCUT2D eigenvalue weighted by Crippen LogP contribution is 2.36. The third-order valence-corrected chi connectivity index (χ3v) is 3.91. The molecule has 1 saturated carbocycles. The number of benzene rings is 1. The molecular formula is C16H24N2O. The molecule has 1 amide bonds. The van der Waals surface area contributed by atoms with Crippen LogP contribution in [0.3, 0.4) is 0 Å². The number of nitrogens with zero attached hydrogens (tertiary/aromatic N) is 1. The van der Waals surface area contributed by atoms with Crippen molar-refractivity contribution in [3.8, 4) is 0 Å². The van der Waals surface area contributed by atoms with E-state index in [1.165, 1.54) is 24.1 Å². The van der Waals surface area contributed by atoms with Crippen molar-refractivity contribution in [3.63, 3.8) is 0 Å². The van der Waals surface area contributed by atoms with Crippen molar-refractivity contribution in [1.29, 1.82) is 0 Å². The molecule has 1 fully saturated rings. The van der Waals surface area contributed by atoms with Crippen molar-refractivity contribution < 1.29 is 4.79 Å². The van der Waals surface area contributed by atoms with Crippen LogP contribution in [0.25, 0.3) is 0 Å². The monoisotopic (exact) mass is 260 g/mol. The number of nitrogens with one attached hydrogen (secondary N) is 1. The summed E-state index contributed by atoms with van der Waals surface area (Å²) < 4.78 is 0. The van der Waals surface area contributed by atoms with Crippen molar-refractivity contribution in [3.05, 3.63) is 29.8 Å². The van der Waals surface area contributed by atoms with Gasteiger partial charge in [-0.1, -0.05) is 19.1 Å². The summed E-state index contributed by atoms with van der Waals surface area (Å²) in [5, 5.41) is 3.04. The minimum atomic E-state index is 0.191. The molecule has 0 bridgehead atoms. The number of carbonyl (C=O) groups is 1. The van der Waals surface area contributed by atoms with E-state index in [9.17, 15) is 4.79 Å². The van der Waals surface area contributed by atoms with E-state index in [1.807, 2.05) is 21.0 Å². The standard InChI is InChI=1S/C16H24N2O/c1-12(14-6-7-14)16(19)17-11-10-13-4-8-15(9-5-13)18(2)3/h4-5,8-9,12,14H,6-7,10-11H2,1-3H3,(H,17,19). The highest BCUT2D eigenvalue weighted by atomic mass is 16.1. The van der Waals surface area contributed by atoms with Crippen LogP contribution in [-0.4, -0.2) is 26.5 Å². The molecule has 0 spiro atoms. The summed E-state index contributed by atoms with van der Waals surface area (Å²) in [5.41, 5.74) is 2.47. The number of carbonyl (C=O) groups excluding carboxylic acids is 1. The van der Waals surface area contributed by atoms with Gasteiger partial charge in [-0.05, 0) is 42.9 Å². The van der Waals surface area contributed by atoms with Gasteiger partial charge < -0.3 is 10.2 Å². The molecule has 3 nitrogen and oxygen atoms in total. The summed E-state index contributed by atoms with van der Waals surface area (Å²) in [6, 6.07) is 8.49. The fourth-order valence-electron chi connectivity index (χ4n) is 2.26. The molecule has 1 aromatic rings. The molecule has 0 aromatic heterocycles. The molecule has 1 unspecified atom stereocenters. The van der Waals surface area contributed by atoms with E-state index in [1.54, 1.807) is 0 Å². The molecular weight excluding hydrogens is 236 g/mol. The number of rotatable bonds is 6. The fraction of sp³-hybridized carbons (Fsp3) is 0.562. The summed E-state index contributed by atoms with van der Waals surface area (Å²) in [7, 11) is 4.07. The van der Waals surface area contributed by atoms with Gasteiger partial charge in [0, 0.05) is 32.2 Å². The van der Waals surface area contributed by atoms with Crippen LogP contribution in [0.15, 0.2) is 24.3 Å². The first-order chi connectivity index (χ1) is 9.08. The molecule has 0 saturated heterocycles. The van der Waals surface area contributed by atoms with Gasteiger partial charge in [-0.3, -0.25) is 4.79 Å². The highest BCUT2D eigenvalue weighted by Gasteiger charge is 2.32. The maximum absolute atomic E-state index is 11.8. The lowest BCUT2D eigenvalue weighted by atomic mass is 10.1. The first kappa shape index (κ1) is 13.9. The van der Waals surface area contributed by atoms with Crippen LogP contribution in [0, 0.1) is 11.8 Å². The van der Waals surface area contributed by atoms with E-state index in [0.717, 1.165) is 13.0 Å². The quantitative estimate of drug-likeness (QED) is 0.852. The van der Waals surface area contributed by atoms with E-state index in [-0.39, 0.29) is 11.8 Å². The molecule has 1 aliphatic carbocycles. The van der Waals surface area contributed by atoms with E-state index in [2.05, 4.69) is 34.5 Å². The Balaban J connectivity index is 1.74. The molecule has 3 heteroatoms. The molecule has 2 rings (SSSR count). The molecule has 1 atom stereocenters. The van der Waals surface area contributed by atoms with Crippen molar-refractivity contribution in [2.75, 3.05) is 25.5 Å². The predicted octanol–water partition coefficient (Wildman–Crippen LogP) is 2.46. The lowest BCUT2D eigenvalue weighted by Crippen LogP contribution is -2.31. The van der Waals surface area contributed by atoms with Gasteiger partial charge in [0.1, 0.15) is 0 Å². The summed E-state index contributed by atoms with van der Waals surface area (Å²) in [4.78, 5) is 13.9. The molecule has 1 N–H and O–H groups in total. The van der Waals surface area contributed by atoms with Gasteiger partial charge in [-0.2, -0.15) is 0 Å².